The summed E-state index contributed by atoms with van der Waals surface area (Å²) in [5.74, 6) is 0.171. The minimum atomic E-state index is -0.179. The molecule has 0 saturated carbocycles. The Balaban J connectivity index is 2.31. The van der Waals surface area contributed by atoms with Crippen molar-refractivity contribution in [1.82, 2.24) is 4.98 Å². The van der Waals surface area contributed by atoms with Crippen molar-refractivity contribution < 1.29 is 9.53 Å². The highest BCUT2D eigenvalue weighted by Crippen LogP contribution is 2.16. The van der Waals surface area contributed by atoms with Crippen LogP contribution in [0.3, 0.4) is 0 Å². The Kier molecular flexibility index (Phi) is 4.46. The molecule has 1 heterocycles. The third-order valence-corrected chi connectivity index (χ3v) is 2.36. The molecule has 0 fully saturated rings. The molecule has 0 bridgehead atoms. The maximum absolute atomic E-state index is 11.2. The largest absolute Gasteiger partial charge is 0.462 e. The third-order valence-electron chi connectivity index (χ3n) is 1.37. The molecule has 0 saturated heterocycles. The summed E-state index contributed by atoms with van der Waals surface area (Å²) in [6.07, 6.45) is 3.37. The van der Waals surface area contributed by atoms with E-state index in [9.17, 15) is 4.79 Å². The summed E-state index contributed by atoms with van der Waals surface area (Å²) in [5, 5.41) is 0. The number of carbonyl (C=O) groups is 1. The SMILES string of the molecule is CC(C)OC(=O)CSc1ccncc1. The van der Waals surface area contributed by atoms with Crippen LogP contribution >= 0.6 is 11.8 Å². The minimum Gasteiger partial charge on any atom is -0.462 e. The molecule has 0 N–H and O–H groups in total. The van der Waals surface area contributed by atoms with Gasteiger partial charge in [-0.1, -0.05) is 0 Å². The predicted octanol–water partition coefficient (Wildman–Crippen LogP) is 2.13. The van der Waals surface area contributed by atoms with Crippen LogP contribution in [0, 0.1) is 0 Å². The quantitative estimate of drug-likeness (QED) is 0.565. The molecule has 0 unspecified atom stereocenters. The zero-order valence-electron chi connectivity index (χ0n) is 8.27. The summed E-state index contributed by atoms with van der Waals surface area (Å²) < 4.78 is 5.00. The monoisotopic (exact) mass is 211 g/mol. The summed E-state index contributed by atoms with van der Waals surface area (Å²) in [6, 6.07) is 3.74. The first-order chi connectivity index (χ1) is 6.68. The van der Waals surface area contributed by atoms with Gasteiger partial charge in [-0.05, 0) is 26.0 Å². The summed E-state index contributed by atoms with van der Waals surface area (Å²) >= 11 is 1.46. The highest BCUT2D eigenvalue weighted by molar-refractivity contribution is 8.00. The lowest BCUT2D eigenvalue weighted by Crippen LogP contribution is -2.13. The van der Waals surface area contributed by atoms with E-state index in [4.69, 9.17) is 4.74 Å². The van der Waals surface area contributed by atoms with Crippen molar-refractivity contribution in [2.24, 2.45) is 0 Å². The smallest absolute Gasteiger partial charge is 0.316 e. The van der Waals surface area contributed by atoms with E-state index in [1.165, 1.54) is 11.8 Å². The molecular formula is C10H13NO2S. The maximum atomic E-state index is 11.2. The van der Waals surface area contributed by atoms with E-state index >= 15 is 0 Å². The molecular weight excluding hydrogens is 198 g/mol. The standard InChI is InChI=1S/C10H13NO2S/c1-8(2)13-10(12)7-14-9-3-5-11-6-4-9/h3-6,8H,7H2,1-2H3. The van der Waals surface area contributed by atoms with Gasteiger partial charge in [-0.2, -0.15) is 0 Å². The van der Waals surface area contributed by atoms with E-state index in [-0.39, 0.29) is 12.1 Å². The number of carbonyl (C=O) groups excluding carboxylic acids is 1. The molecule has 0 aliphatic heterocycles. The van der Waals surface area contributed by atoms with Crippen LogP contribution < -0.4 is 0 Å². The Hall–Kier alpha value is -1.03. The Labute approximate surface area is 87.9 Å². The van der Waals surface area contributed by atoms with Gasteiger partial charge in [-0.15, -0.1) is 11.8 Å². The zero-order chi connectivity index (χ0) is 10.4. The Bertz CT molecular complexity index is 287. The van der Waals surface area contributed by atoms with Crippen molar-refractivity contribution >= 4 is 17.7 Å². The predicted molar refractivity (Wildman–Crippen MR) is 56.2 cm³/mol. The molecule has 0 spiro atoms. The molecule has 0 atom stereocenters. The lowest BCUT2D eigenvalue weighted by molar-refractivity contribution is -0.144. The van der Waals surface area contributed by atoms with Gasteiger partial charge >= 0.3 is 5.97 Å². The fourth-order valence-corrected chi connectivity index (χ4v) is 1.54. The minimum absolute atomic E-state index is 0.0412. The Morgan fingerprint density at radius 3 is 2.71 bits per heavy atom. The number of hydrogen-bond donors (Lipinski definition) is 0. The molecule has 4 heteroatoms. The van der Waals surface area contributed by atoms with Gasteiger partial charge < -0.3 is 4.74 Å². The van der Waals surface area contributed by atoms with Gasteiger partial charge in [0.1, 0.15) is 0 Å². The number of esters is 1. The normalized spacial score (nSPS) is 10.2. The van der Waals surface area contributed by atoms with Gasteiger partial charge in [0.2, 0.25) is 0 Å². The molecule has 0 aliphatic rings. The number of ether oxygens (including phenoxy) is 1. The van der Waals surface area contributed by atoms with E-state index in [1.54, 1.807) is 12.4 Å². The molecule has 1 rings (SSSR count). The topological polar surface area (TPSA) is 39.2 Å². The van der Waals surface area contributed by atoms with Crippen LogP contribution in [0.5, 0.6) is 0 Å². The number of hydrogen-bond acceptors (Lipinski definition) is 4. The summed E-state index contributed by atoms with van der Waals surface area (Å²) in [6.45, 7) is 3.68. The fraction of sp³-hybridized carbons (Fsp3) is 0.400. The van der Waals surface area contributed by atoms with Gasteiger partial charge in [0.15, 0.2) is 0 Å². The summed E-state index contributed by atoms with van der Waals surface area (Å²) in [7, 11) is 0. The average Bonchev–Trinajstić information content (AvgIpc) is 2.15. The number of thioether (sulfide) groups is 1. The number of rotatable bonds is 4. The number of nitrogens with zero attached hydrogens (tertiary/aromatic N) is 1. The Morgan fingerprint density at radius 2 is 2.14 bits per heavy atom. The second kappa shape index (κ2) is 5.65. The van der Waals surface area contributed by atoms with Crippen molar-refractivity contribution in [2.75, 3.05) is 5.75 Å². The highest BCUT2D eigenvalue weighted by atomic mass is 32.2. The molecule has 0 radical (unpaired) electrons. The van der Waals surface area contributed by atoms with Crippen molar-refractivity contribution in [2.45, 2.75) is 24.8 Å². The van der Waals surface area contributed by atoms with Crippen LogP contribution in [-0.4, -0.2) is 22.8 Å². The first kappa shape index (κ1) is 11.0. The van der Waals surface area contributed by atoms with E-state index < -0.39 is 0 Å². The summed E-state index contributed by atoms with van der Waals surface area (Å²) in [5.41, 5.74) is 0. The molecule has 0 aliphatic carbocycles. The first-order valence-electron chi connectivity index (χ1n) is 4.41. The van der Waals surface area contributed by atoms with E-state index in [0.29, 0.717) is 5.75 Å². The van der Waals surface area contributed by atoms with Crippen molar-refractivity contribution in [3.05, 3.63) is 24.5 Å². The molecule has 1 aromatic rings. The molecule has 14 heavy (non-hydrogen) atoms. The van der Waals surface area contributed by atoms with Gasteiger partial charge in [0.25, 0.3) is 0 Å². The number of aromatic nitrogens is 1. The molecule has 3 nitrogen and oxygen atoms in total. The number of pyridine rings is 1. The van der Waals surface area contributed by atoms with E-state index in [2.05, 4.69) is 4.98 Å². The third kappa shape index (κ3) is 4.28. The first-order valence-corrected chi connectivity index (χ1v) is 5.39. The second-order valence-electron chi connectivity index (χ2n) is 3.01. The van der Waals surface area contributed by atoms with Crippen LogP contribution in [-0.2, 0) is 9.53 Å². The highest BCUT2D eigenvalue weighted by Gasteiger charge is 2.05. The lowest BCUT2D eigenvalue weighted by atomic mass is 10.5. The van der Waals surface area contributed by atoms with Crippen LogP contribution in [0.25, 0.3) is 0 Å². The average molecular weight is 211 g/mol. The lowest BCUT2D eigenvalue weighted by Gasteiger charge is -2.06. The maximum Gasteiger partial charge on any atom is 0.316 e. The zero-order valence-corrected chi connectivity index (χ0v) is 9.08. The fourth-order valence-electron chi connectivity index (χ4n) is 0.874. The van der Waals surface area contributed by atoms with Gasteiger partial charge in [-0.25, -0.2) is 0 Å². The second-order valence-corrected chi connectivity index (χ2v) is 4.06. The van der Waals surface area contributed by atoms with Crippen molar-refractivity contribution in [1.29, 1.82) is 0 Å². The molecule has 0 aromatic carbocycles. The van der Waals surface area contributed by atoms with Crippen LogP contribution in [0.1, 0.15) is 13.8 Å². The molecule has 76 valence electrons. The van der Waals surface area contributed by atoms with Crippen molar-refractivity contribution in [3.63, 3.8) is 0 Å². The van der Waals surface area contributed by atoms with Crippen LogP contribution in [0.15, 0.2) is 29.4 Å². The van der Waals surface area contributed by atoms with E-state index in [0.717, 1.165) is 4.90 Å². The van der Waals surface area contributed by atoms with E-state index in [1.807, 2.05) is 26.0 Å². The van der Waals surface area contributed by atoms with Gasteiger partial charge in [0.05, 0.1) is 11.9 Å². The molecule has 1 aromatic heterocycles. The van der Waals surface area contributed by atoms with Crippen molar-refractivity contribution in [3.8, 4) is 0 Å². The van der Waals surface area contributed by atoms with Crippen LogP contribution in [0.2, 0.25) is 0 Å². The van der Waals surface area contributed by atoms with Crippen LogP contribution in [0.4, 0.5) is 0 Å². The Morgan fingerprint density at radius 1 is 1.50 bits per heavy atom. The summed E-state index contributed by atoms with van der Waals surface area (Å²) in [4.78, 5) is 16.1. The van der Waals surface area contributed by atoms with Gasteiger partial charge in [0, 0.05) is 17.3 Å². The molecule has 0 amide bonds. The van der Waals surface area contributed by atoms with Gasteiger partial charge in [-0.3, -0.25) is 9.78 Å².